The van der Waals surface area contributed by atoms with Crippen molar-refractivity contribution in [1.29, 1.82) is 0 Å². The molecule has 1 N–H and O–H groups in total. The summed E-state index contributed by atoms with van der Waals surface area (Å²) in [7, 11) is 0. The number of benzene rings is 1. The first-order valence-corrected chi connectivity index (χ1v) is 5.33. The van der Waals surface area contributed by atoms with Gasteiger partial charge in [0.25, 0.3) is 0 Å². The van der Waals surface area contributed by atoms with Gasteiger partial charge < -0.3 is 9.52 Å². The lowest BCUT2D eigenvalue weighted by atomic mass is 10.1. The number of hydrogen-bond acceptors (Lipinski definition) is 4. The van der Waals surface area contributed by atoms with Gasteiger partial charge in [-0.25, -0.2) is 4.79 Å². The number of phenolic OH excluding ortho intramolecular Hbond substituents is 1. The fourth-order valence-electron chi connectivity index (χ4n) is 1.43. The zero-order chi connectivity index (χ0) is 12.7. The molecule has 0 aliphatic carbocycles. The van der Waals surface area contributed by atoms with Gasteiger partial charge in [0.05, 0.1) is 5.02 Å². The molecule has 2 rings (SSSR count). The highest BCUT2D eigenvalue weighted by Gasteiger charge is 2.15. The molecule has 0 saturated heterocycles. The number of ketones is 1. The lowest BCUT2D eigenvalue weighted by Crippen LogP contribution is -2.11. The number of phenols is 1. The van der Waals surface area contributed by atoms with Crippen LogP contribution in [0.3, 0.4) is 0 Å². The van der Waals surface area contributed by atoms with Crippen LogP contribution >= 0.6 is 23.2 Å². The summed E-state index contributed by atoms with van der Waals surface area (Å²) in [6.07, 6.45) is 0. The van der Waals surface area contributed by atoms with Crippen LogP contribution in [0.1, 0.15) is 17.3 Å². The largest absolute Gasteiger partial charge is 0.505 e. The van der Waals surface area contributed by atoms with Gasteiger partial charge in [-0.05, 0) is 19.1 Å². The molecule has 4 nitrogen and oxygen atoms in total. The smallest absolute Gasteiger partial charge is 0.347 e. The van der Waals surface area contributed by atoms with Gasteiger partial charge in [0.15, 0.2) is 17.1 Å². The van der Waals surface area contributed by atoms with E-state index in [2.05, 4.69) is 0 Å². The molecule has 0 amide bonds. The monoisotopic (exact) mass is 272 g/mol. The summed E-state index contributed by atoms with van der Waals surface area (Å²) in [5.74, 6) is -0.777. The van der Waals surface area contributed by atoms with Gasteiger partial charge in [-0.3, -0.25) is 4.79 Å². The second kappa shape index (κ2) is 4.05. The van der Waals surface area contributed by atoms with Crippen LogP contribution in [-0.4, -0.2) is 10.9 Å². The molecule has 1 heterocycles. The van der Waals surface area contributed by atoms with E-state index in [9.17, 15) is 14.7 Å². The van der Waals surface area contributed by atoms with Gasteiger partial charge >= 0.3 is 5.63 Å². The summed E-state index contributed by atoms with van der Waals surface area (Å²) < 4.78 is 4.89. The van der Waals surface area contributed by atoms with Crippen molar-refractivity contribution in [2.45, 2.75) is 6.92 Å². The van der Waals surface area contributed by atoms with Gasteiger partial charge in [-0.15, -0.1) is 0 Å². The number of halogens is 2. The van der Waals surface area contributed by atoms with Crippen molar-refractivity contribution in [2.24, 2.45) is 0 Å². The molecule has 0 aliphatic rings. The number of hydrogen-bond donors (Lipinski definition) is 1. The van der Waals surface area contributed by atoms with Crippen LogP contribution in [0, 0.1) is 0 Å². The Hall–Kier alpha value is -1.52. The van der Waals surface area contributed by atoms with Crippen molar-refractivity contribution in [2.75, 3.05) is 0 Å². The highest BCUT2D eigenvalue weighted by atomic mass is 35.5. The number of rotatable bonds is 1. The van der Waals surface area contributed by atoms with Crippen LogP contribution in [0.25, 0.3) is 11.0 Å². The van der Waals surface area contributed by atoms with Crippen LogP contribution in [-0.2, 0) is 0 Å². The van der Waals surface area contributed by atoms with Crippen LogP contribution in [0.5, 0.6) is 5.75 Å². The third-order valence-corrected chi connectivity index (χ3v) is 2.91. The molecule has 0 saturated carbocycles. The van der Waals surface area contributed by atoms with Gasteiger partial charge in [0, 0.05) is 5.39 Å². The van der Waals surface area contributed by atoms with Gasteiger partial charge in [-0.2, -0.15) is 0 Å². The molecule has 0 bridgehead atoms. The Morgan fingerprint density at radius 3 is 2.59 bits per heavy atom. The fraction of sp³-hybridized carbons (Fsp3) is 0.0909. The maximum absolute atomic E-state index is 11.5. The highest BCUT2D eigenvalue weighted by molar-refractivity contribution is 6.40. The first-order chi connectivity index (χ1) is 7.91. The Kier molecular flexibility index (Phi) is 2.85. The molecule has 1 aromatic carbocycles. The standard InChI is InChI=1S/C11H6Cl2O4/c1-4(14)6-2-5-3-7(12)9(15)8(13)10(5)17-11(6)16/h2-3,15H,1H3. The van der Waals surface area contributed by atoms with E-state index >= 15 is 0 Å². The highest BCUT2D eigenvalue weighted by Crippen LogP contribution is 2.37. The van der Waals surface area contributed by atoms with Crippen molar-refractivity contribution >= 4 is 40.0 Å². The summed E-state index contributed by atoms with van der Waals surface area (Å²) >= 11 is 11.5. The molecule has 2 aromatic rings. The summed E-state index contributed by atoms with van der Waals surface area (Å²) in [4.78, 5) is 22.6. The Morgan fingerprint density at radius 2 is 2.00 bits per heavy atom. The number of Topliss-reactive ketones (excluding diaryl/α,β-unsaturated/α-hetero) is 1. The normalized spacial score (nSPS) is 10.8. The molecule has 88 valence electrons. The van der Waals surface area contributed by atoms with Crippen molar-refractivity contribution in [3.8, 4) is 5.75 Å². The maximum Gasteiger partial charge on any atom is 0.347 e. The average molecular weight is 273 g/mol. The maximum atomic E-state index is 11.5. The van der Waals surface area contributed by atoms with E-state index in [1.807, 2.05) is 0 Å². The molecule has 0 unspecified atom stereocenters. The zero-order valence-corrected chi connectivity index (χ0v) is 10.1. The number of carbonyl (C=O) groups excluding carboxylic acids is 1. The van der Waals surface area contributed by atoms with Crippen LogP contribution in [0.15, 0.2) is 21.3 Å². The number of aromatic hydroxyl groups is 1. The molecule has 17 heavy (non-hydrogen) atoms. The van der Waals surface area contributed by atoms with Crippen molar-refractivity contribution in [3.63, 3.8) is 0 Å². The number of fused-ring (bicyclic) bond motifs is 1. The SMILES string of the molecule is CC(=O)c1cc2cc(Cl)c(O)c(Cl)c2oc1=O. The van der Waals surface area contributed by atoms with Gasteiger partial charge in [0.1, 0.15) is 10.6 Å². The minimum absolute atomic E-state index is 0.00330. The Balaban J connectivity index is 2.94. The van der Waals surface area contributed by atoms with Gasteiger partial charge in [0.2, 0.25) is 0 Å². The van der Waals surface area contributed by atoms with E-state index in [-0.39, 0.29) is 26.9 Å². The van der Waals surface area contributed by atoms with Crippen LogP contribution in [0.2, 0.25) is 10.0 Å². The Labute approximate surface area is 105 Å². The summed E-state index contributed by atoms with van der Waals surface area (Å²) in [6, 6.07) is 2.70. The molecule has 0 spiro atoms. The molecule has 0 atom stereocenters. The van der Waals surface area contributed by atoms with Crippen molar-refractivity contribution < 1.29 is 14.3 Å². The Morgan fingerprint density at radius 1 is 1.35 bits per heavy atom. The van der Waals surface area contributed by atoms with E-state index in [0.717, 1.165) is 0 Å². The van der Waals surface area contributed by atoms with E-state index < -0.39 is 11.4 Å². The third-order valence-electron chi connectivity index (χ3n) is 2.27. The predicted octanol–water partition coefficient (Wildman–Crippen LogP) is 3.01. The molecule has 1 aromatic heterocycles. The molecule has 0 fully saturated rings. The second-order valence-electron chi connectivity index (χ2n) is 3.44. The lowest BCUT2D eigenvalue weighted by Gasteiger charge is -2.04. The topological polar surface area (TPSA) is 67.5 Å². The van der Waals surface area contributed by atoms with E-state index in [0.29, 0.717) is 5.39 Å². The first-order valence-electron chi connectivity index (χ1n) is 4.57. The van der Waals surface area contributed by atoms with Crippen LogP contribution < -0.4 is 5.63 Å². The van der Waals surface area contributed by atoms with E-state index in [1.165, 1.54) is 19.1 Å². The number of carbonyl (C=O) groups is 1. The quantitative estimate of drug-likeness (QED) is 0.640. The van der Waals surface area contributed by atoms with Crippen LogP contribution in [0.4, 0.5) is 0 Å². The molecule has 0 radical (unpaired) electrons. The van der Waals surface area contributed by atoms with E-state index in [4.69, 9.17) is 27.6 Å². The molecule has 0 aliphatic heterocycles. The summed E-state index contributed by atoms with van der Waals surface area (Å²) in [5.41, 5.74) is -0.882. The minimum Gasteiger partial charge on any atom is -0.505 e. The predicted molar refractivity (Wildman–Crippen MR) is 64.2 cm³/mol. The zero-order valence-electron chi connectivity index (χ0n) is 8.58. The molecular formula is C11H6Cl2O4. The van der Waals surface area contributed by atoms with Gasteiger partial charge in [-0.1, -0.05) is 23.2 Å². The summed E-state index contributed by atoms with van der Waals surface area (Å²) in [6.45, 7) is 1.25. The third kappa shape index (κ3) is 1.90. The molecule has 6 heteroatoms. The Bertz CT molecular complexity index is 688. The fourth-order valence-corrected chi connectivity index (χ4v) is 1.94. The lowest BCUT2D eigenvalue weighted by molar-refractivity contribution is 0.101. The van der Waals surface area contributed by atoms with E-state index in [1.54, 1.807) is 0 Å². The van der Waals surface area contributed by atoms with Crippen molar-refractivity contribution in [1.82, 2.24) is 0 Å². The molecular weight excluding hydrogens is 267 g/mol. The van der Waals surface area contributed by atoms with Crippen molar-refractivity contribution in [3.05, 3.63) is 38.2 Å². The minimum atomic E-state index is -0.798. The first kappa shape index (κ1) is 12.0. The average Bonchev–Trinajstić information content (AvgIpc) is 2.26. The second-order valence-corrected chi connectivity index (χ2v) is 4.23. The summed E-state index contributed by atoms with van der Waals surface area (Å²) in [5, 5.41) is 9.72.